The SMILES string of the molecule is O=C1CC[Se]C(=NC2CCCCC2)N1C1CCCCC1. The van der Waals surface area contributed by atoms with Gasteiger partial charge in [-0.2, -0.15) is 0 Å². The average Bonchev–Trinajstić information content (AvgIpc) is 2.49. The molecule has 0 bridgehead atoms. The first kappa shape index (κ1) is 14.6. The van der Waals surface area contributed by atoms with Crippen LogP contribution in [0.5, 0.6) is 0 Å². The number of aliphatic imine (C=N–C) groups is 1. The van der Waals surface area contributed by atoms with Crippen LogP contribution in [0.25, 0.3) is 0 Å². The Kier molecular flexibility index (Phi) is 5.17. The van der Waals surface area contributed by atoms with E-state index in [4.69, 9.17) is 4.99 Å². The Morgan fingerprint density at radius 2 is 1.60 bits per heavy atom. The van der Waals surface area contributed by atoms with E-state index < -0.39 is 0 Å². The molecule has 1 saturated heterocycles. The normalized spacial score (nSPS) is 29.1. The number of amides is 1. The molecule has 20 heavy (non-hydrogen) atoms. The van der Waals surface area contributed by atoms with Gasteiger partial charge in [0, 0.05) is 0 Å². The van der Waals surface area contributed by atoms with Crippen LogP contribution in [0, 0.1) is 0 Å². The van der Waals surface area contributed by atoms with Gasteiger partial charge < -0.3 is 0 Å². The topological polar surface area (TPSA) is 32.7 Å². The summed E-state index contributed by atoms with van der Waals surface area (Å²) in [5, 5.41) is 1.07. The van der Waals surface area contributed by atoms with Crippen molar-refractivity contribution in [2.45, 2.75) is 88.0 Å². The van der Waals surface area contributed by atoms with E-state index in [1.807, 2.05) is 0 Å². The van der Waals surface area contributed by atoms with Gasteiger partial charge in [-0.15, -0.1) is 0 Å². The van der Waals surface area contributed by atoms with Crippen LogP contribution in [0.15, 0.2) is 4.99 Å². The standard InChI is InChI=1S/C16H26N2OSe/c19-15-11-12-20-16(17-13-7-3-1-4-8-13)18(15)14-9-5-2-6-10-14/h13-14H,1-12H2. The molecular weight excluding hydrogens is 315 g/mol. The van der Waals surface area contributed by atoms with Crippen LogP contribution in [0.4, 0.5) is 0 Å². The van der Waals surface area contributed by atoms with Gasteiger partial charge in [0.15, 0.2) is 0 Å². The number of hydrogen-bond donors (Lipinski definition) is 0. The molecule has 0 radical (unpaired) electrons. The quantitative estimate of drug-likeness (QED) is 0.709. The van der Waals surface area contributed by atoms with Gasteiger partial charge in [0.05, 0.1) is 0 Å². The van der Waals surface area contributed by atoms with E-state index in [-0.39, 0.29) is 0 Å². The molecule has 0 aromatic carbocycles. The zero-order valence-corrected chi connectivity index (χ0v) is 14.1. The molecule has 3 nitrogen and oxygen atoms in total. The summed E-state index contributed by atoms with van der Waals surface area (Å²) in [5.41, 5.74) is 0. The molecule has 1 aliphatic heterocycles. The molecule has 3 fully saturated rings. The summed E-state index contributed by atoms with van der Waals surface area (Å²) in [7, 11) is 0. The Bertz CT molecular complexity index is 371. The summed E-state index contributed by atoms with van der Waals surface area (Å²) >= 11 is 0.433. The molecule has 2 aliphatic carbocycles. The predicted molar refractivity (Wildman–Crippen MR) is 83.2 cm³/mol. The van der Waals surface area contributed by atoms with Crippen LogP contribution in [-0.4, -0.2) is 42.6 Å². The monoisotopic (exact) mass is 342 g/mol. The van der Waals surface area contributed by atoms with E-state index in [1.54, 1.807) is 0 Å². The Morgan fingerprint density at radius 3 is 2.30 bits per heavy atom. The number of carbonyl (C=O) groups excluding carboxylic acids is 1. The van der Waals surface area contributed by atoms with Gasteiger partial charge >= 0.3 is 128 Å². The fourth-order valence-corrected chi connectivity index (χ4v) is 5.94. The molecule has 0 aromatic rings. The second-order valence-electron chi connectivity index (χ2n) is 6.36. The molecule has 1 heterocycles. The molecule has 112 valence electrons. The molecule has 4 heteroatoms. The van der Waals surface area contributed by atoms with Gasteiger partial charge in [0.1, 0.15) is 0 Å². The fourth-order valence-electron chi connectivity index (χ4n) is 3.69. The van der Waals surface area contributed by atoms with Crippen LogP contribution >= 0.6 is 0 Å². The zero-order valence-electron chi connectivity index (χ0n) is 12.4. The van der Waals surface area contributed by atoms with E-state index in [0.29, 0.717) is 32.9 Å². The fraction of sp³-hybridized carbons (Fsp3) is 0.875. The molecule has 0 aromatic heterocycles. The molecule has 3 rings (SSSR count). The van der Waals surface area contributed by atoms with Crippen molar-refractivity contribution in [3.8, 4) is 0 Å². The molecule has 2 saturated carbocycles. The summed E-state index contributed by atoms with van der Waals surface area (Å²) in [5.74, 6) is 0.361. The van der Waals surface area contributed by atoms with E-state index in [2.05, 4.69) is 4.90 Å². The van der Waals surface area contributed by atoms with Gasteiger partial charge in [-0.3, -0.25) is 0 Å². The van der Waals surface area contributed by atoms with Crippen molar-refractivity contribution < 1.29 is 4.79 Å². The minimum absolute atomic E-state index is 0.361. The van der Waals surface area contributed by atoms with Crippen LogP contribution in [0.1, 0.15) is 70.6 Å². The molecular formula is C16H26N2OSe. The van der Waals surface area contributed by atoms with Gasteiger partial charge in [0.25, 0.3) is 0 Å². The molecule has 0 unspecified atom stereocenters. The molecule has 0 atom stereocenters. The van der Waals surface area contributed by atoms with E-state index in [9.17, 15) is 4.79 Å². The molecule has 1 amide bonds. The van der Waals surface area contributed by atoms with Crippen LogP contribution in [0.3, 0.4) is 0 Å². The van der Waals surface area contributed by atoms with Crippen LogP contribution in [-0.2, 0) is 4.79 Å². The third kappa shape index (κ3) is 3.46. The maximum absolute atomic E-state index is 12.4. The van der Waals surface area contributed by atoms with Crippen molar-refractivity contribution in [1.82, 2.24) is 4.90 Å². The van der Waals surface area contributed by atoms with Crippen molar-refractivity contribution in [3.63, 3.8) is 0 Å². The minimum atomic E-state index is 0.361. The van der Waals surface area contributed by atoms with Gasteiger partial charge in [-0.1, -0.05) is 0 Å². The second kappa shape index (κ2) is 7.08. The number of rotatable bonds is 2. The number of nitrogens with zero attached hydrogens (tertiary/aromatic N) is 2. The predicted octanol–water partition coefficient (Wildman–Crippen LogP) is 3.36. The molecule has 0 spiro atoms. The van der Waals surface area contributed by atoms with Crippen molar-refractivity contribution in [2.24, 2.45) is 4.99 Å². The first-order chi connectivity index (χ1) is 9.84. The van der Waals surface area contributed by atoms with E-state index in [0.717, 1.165) is 11.7 Å². The van der Waals surface area contributed by atoms with Crippen molar-refractivity contribution >= 4 is 25.6 Å². The van der Waals surface area contributed by atoms with Gasteiger partial charge in [0.2, 0.25) is 0 Å². The van der Waals surface area contributed by atoms with Crippen molar-refractivity contribution in [2.75, 3.05) is 0 Å². The first-order valence-electron chi connectivity index (χ1n) is 8.37. The number of amidine groups is 1. The van der Waals surface area contributed by atoms with Crippen LogP contribution < -0.4 is 0 Å². The Hall–Kier alpha value is -0.341. The van der Waals surface area contributed by atoms with E-state index >= 15 is 0 Å². The zero-order chi connectivity index (χ0) is 13.8. The van der Waals surface area contributed by atoms with Gasteiger partial charge in [-0.25, -0.2) is 0 Å². The summed E-state index contributed by atoms with van der Waals surface area (Å²) in [6.45, 7) is 0. The Balaban J connectivity index is 1.74. The number of carbonyl (C=O) groups is 1. The molecule has 0 N–H and O–H groups in total. The summed E-state index contributed by atoms with van der Waals surface area (Å²) in [6.07, 6.45) is 13.6. The summed E-state index contributed by atoms with van der Waals surface area (Å²) in [6, 6.07) is 0.985. The first-order valence-corrected chi connectivity index (χ1v) is 10.4. The summed E-state index contributed by atoms with van der Waals surface area (Å²) < 4.78 is 1.20. The van der Waals surface area contributed by atoms with Crippen LogP contribution in [0.2, 0.25) is 5.32 Å². The third-order valence-corrected chi connectivity index (χ3v) is 6.86. The van der Waals surface area contributed by atoms with E-state index in [1.165, 1.54) is 68.9 Å². The summed E-state index contributed by atoms with van der Waals surface area (Å²) in [4.78, 5) is 19.6. The average molecular weight is 341 g/mol. The molecule has 3 aliphatic rings. The maximum atomic E-state index is 12.4. The Morgan fingerprint density at radius 1 is 0.950 bits per heavy atom. The van der Waals surface area contributed by atoms with Gasteiger partial charge in [-0.05, 0) is 0 Å². The number of hydrogen-bond acceptors (Lipinski definition) is 2. The third-order valence-electron chi connectivity index (χ3n) is 4.83. The van der Waals surface area contributed by atoms with Crippen molar-refractivity contribution in [1.29, 1.82) is 0 Å². The Labute approximate surface area is 128 Å². The van der Waals surface area contributed by atoms with Crippen molar-refractivity contribution in [3.05, 3.63) is 0 Å². The second-order valence-corrected chi connectivity index (χ2v) is 8.59.